The number of aryl methyl sites for hydroxylation is 1. The topological polar surface area (TPSA) is 63.8 Å². The first kappa shape index (κ1) is 12.4. The van der Waals surface area contributed by atoms with Crippen LogP contribution in [-0.2, 0) is 6.42 Å². The summed E-state index contributed by atoms with van der Waals surface area (Å²) in [5.74, 6) is 0.770. The molecular weight excluding hydrogens is 248 g/mol. The normalized spacial score (nSPS) is 10.7. The fourth-order valence-electron chi connectivity index (χ4n) is 2.13. The van der Waals surface area contributed by atoms with E-state index in [2.05, 4.69) is 46.5 Å². The van der Waals surface area contributed by atoms with Crippen LogP contribution in [0.5, 0.6) is 0 Å². The highest BCUT2D eigenvalue weighted by molar-refractivity contribution is 5.92. The fraction of sp³-hybridized carbons (Fsp3) is 0.125. The zero-order valence-corrected chi connectivity index (χ0v) is 11.3. The lowest BCUT2D eigenvalue weighted by Crippen LogP contribution is -1.97. The molecule has 2 aromatic carbocycles. The Morgan fingerprint density at radius 3 is 2.60 bits per heavy atom. The lowest BCUT2D eigenvalue weighted by molar-refractivity contribution is 1.14. The highest BCUT2D eigenvalue weighted by atomic mass is 15.0. The standard InChI is InChI=1S/C16H16N4/c1-2-11-3-6-13(7-4-11)20-16-14-9-12(17)5-8-15(14)18-10-19-16/h3-10H,2,17H2,1H3,(H,18,19,20). The summed E-state index contributed by atoms with van der Waals surface area (Å²) in [7, 11) is 0. The first-order valence-electron chi connectivity index (χ1n) is 6.62. The highest BCUT2D eigenvalue weighted by Gasteiger charge is 2.04. The Balaban J connectivity index is 1.99. The van der Waals surface area contributed by atoms with Gasteiger partial charge in [-0.3, -0.25) is 0 Å². The smallest absolute Gasteiger partial charge is 0.141 e. The molecule has 0 saturated carbocycles. The van der Waals surface area contributed by atoms with E-state index in [0.717, 1.165) is 28.8 Å². The summed E-state index contributed by atoms with van der Waals surface area (Å²) in [5, 5.41) is 4.24. The monoisotopic (exact) mass is 264 g/mol. The van der Waals surface area contributed by atoms with Crippen molar-refractivity contribution in [3.8, 4) is 0 Å². The van der Waals surface area contributed by atoms with Crippen LogP contribution in [0.3, 0.4) is 0 Å². The lowest BCUT2D eigenvalue weighted by Gasteiger charge is -2.09. The van der Waals surface area contributed by atoms with Crippen molar-refractivity contribution >= 4 is 28.1 Å². The molecule has 3 rings (SSSR count). The first-order chi connectivity index (χ1) is 9.76. The molecule has 0 aliphatic rings. The van der Waals surface area contributed by atoms with Crippen LogP contribution in [0.4, 0.5) is 17.2 Å². The van der Waals surface area contributed by atoms with Crippen molar-refractivity contribution in [3.63, 3.8) is 0 Å². The third-order valence-corrected chi connectivity index (χ3v) is 3.28. The molecule has 20 heavy (non-hydrogen) atoms. The van der Waals surface area contributed by atoms with Crippen molar-refractivity contribution in [1.82, 2.24) is 9.97 Å². The average Bonchev–Trinajstić information content (AvgIpc) is 2.49. The van der Waals surface area contributed by atoms with E-state index < -0.39 is 0 Å². The average molecular weight is 264 g/mol. The SMILES string of the molecule is CCc1ccc(Nc2ncnc3ccc(N)cc23)cc1. The van der Waals surface area contributed by atoms with Gasteiger partial charge in [-0.25, -0.2) is 9.97 Å². The van der Waals surface area contributed by atoms with Crippen molar-refractivity contribution in [2.24, 2.45) is 0 Å². The summed E-state index contributed by atoms with van der Waals surface area (Å²) in [6.45, 7) is 2.14. The largest absolute Gasteiger partial charge is 0.399 e. The van der Waals surface area contributed by atoms with Crippen LogP contribution >= 0.6 is 0 Å². The minimum absolute atomic E-state index is 0.705. The molecule has 100 valence electrons. The van der Waals surface area contributed by atoms with E-state index >= 15 is 0 Å². The summed E-state index contributed by atoms with van der Waals surface area (Å²) in [6, 6.07) is 14.0. The summed E-state index contributed by atoms with van der Waals surface area (Å²) < 4.78 is 0. The number of rotatable bonds is 3. The summed E-state index contributed by atoms with van der Waals surface area (Å²) >= 11 is 0. The van der Waals surface area contributed by atoms with Crippen LogP contribution < -0.4 is 11.1 Å². The van der Waals surface area contributed by atoms with Gasteiger partial charge in [0.2, 0.25) is 0 Å². The van der Waals surface area contributed by atoms with E-state index in [1.54, 1.807) is 6.33 Å². The molecule has 0 spiro atoms. The van der Waals surface area contributed by atoms with Crippen LogP contribution in [0.2, 0.25) is 0 Å². The van der Waals surface area contributed by atoms with Crippen LogP contribution in [0.15, 0.2) is 48.8 Å². The molecule has 0 bridgehead atoms. The second-order valence-corrected chi connectivity index (χ2v) is 4.67. The Labute approximate surface area is 117 Å². The Hall–Kier alpha value is -2.62. The molecule has 4 nitrogen and oxygen atoms in total. The molecule has 0 aliphatic heterocycles. The molecule has 3 aromatic rings. The summed E-state index contributed by atoms with van der Waals surface area (Å²) in [5.41, 5.74) is 9.74. The number of nitrogen functional groups attached to an aromatic ring is 1. The van der Waals surface area contributed by atoms with Crippen molar-refractivity contribution in [2.75, 3.05) is 11.1 Å². The van der Waals surface area contributed by atoms with Crippen molar-refractivity contribution < 1.29 is 0 Å². The number of hydrogen-bond donors (Lipinski definition) is 2. The molecule has 3 N–H and O–H groups in total. The molecule has 0 fully saturated rings. The summed E-state index contributed by atoms with van der Waals surface area (Å²) in [4.78, 5) is 8.55. The molecular formula is C16H16N4. The van der Waals surface area contributed by atoms with Crippen LogP contribution in [0.25, 0.3) is 10.9 Å². The van der Waals surface area contributed by atoms with E-state index in [0.29, 0.717) is 5.69 Å². The van der Waals surface area contributed by atoms with Gasteiger partial charge in [0, 0.05) is 16.8 Å². The zero-order chi connectivity index (χ0) is 13.9. The number of aromatic nitrogens is 2. The van der Waals surface area contributed by atoms with E-state index in [-0.39, 0.29) is 0 Å². The summed E-state index contributed by atoms with van der Waals surface area (Å²) in [6.07, 6.45) is 2.59. The Morgan fingerprint density at radius 2 is 1.85 bits per heavy atom. The number of fused-ring (bicyclic) bond motifs is 1. The van der Waals surface area contributed by atoms with E-state index in [1.807, 2.05) is 18.2 Å². The number of nitrogens with one attached hydrogen (secondary N) is 1. The fourth-order valence-corrected chi connectivity index (χ4v) is 2.13. The number of nitrogens with zero attached hydrogens (tertiary/aromatic N) is 2. The minimum atomic E-state index is 0.705. The van der Waals surface area contributed by atoms with Gasteiger partial charge in [-0.05, 0) is 42.3 Å². The number of benzene rings is 2. The van der Waals surface area contributed by atoms with Gasteiger partial charge in [-0.15, -0.1) is 0 Å². The molecule has 0 aliphatic carbocycles. The Bertz CT molecular complexity index is 735. The zero-order valence-electron chi connectivity index (χ0n) is 11.3. The van der Waals surface area contributed by atoms with Gasteiger partial charge in [0.25, 0.3) is 0 Å². The molecule has 4 heteroatoms. The maximum absolute atomic E-state index is 5.84. The van der Waals surface area contributed by atoms with E-state index in [9.17, 15) is 0 Å². The number of anilines is 3. The Morgan fingerprint density at radius 1 is 1.05 bits per heavy atom. The first-order valence-corrected chi connectivity index (χ1v) is 6.62. The van der Waals surface area contributed by atoms with E-state index in [1.165, 1.54) is 5.56 Å². The third kappa shape index (κ3) is 2.40. The van der Waals surface area contributed by atoms with Gasteiger partial charge in [0.05, 0.1) is 5.52 Å². The number of nitrogens with two attached hydrogens (primary N) is 1. The maximum atomic E-state index is 5.84. The number of hydrogen-bond acceptors (Lipinski definition) is 4. The Kier molecular flexibility index (Phi) is 3.21. The quantitative estimate of drug-likeness (QED) is 0.710. The van der Waals surface area contributed by atoms with Crippen molar-refractivity contribution in [1.29, 1.82) is 0 Å². The minimum Gasteiger partial charge on any atom is -0.399 e. The predicted molar refractivity (Wildman–Crippen MR) is 83.1 cm³/mol. The molecule has 1 heterocycles. The van der Waals surface area contributed by atoms with Crippen LogP contribution in [-0.4, -0.2) is 9.97 Å². The van der Waals surface area contributed by atoms with Gasteiger partial charge in [0.15, 0.2) is 0 Å². The molecule has 0 unspecified atom stereocenters. The van der Waals surface area contributed by atoms with Crippen molar-refractivity contribution in [2.45, 2.75) is 13.3 Å². The molecule has 0 radical (unpaired) electrons. The van der Waals surface area contributed by atoms with Gasteiger partial charge < -0.3 is 11.1 Å². The third-order valence-electron chi connectivity index (χ3n) is 3.28. The second-order valence-electron chi connectivity index (χ2n) is 4.67. The molecule has 1 aromatic heterocycles. The molecule has 0 atom stereocenters. The van der Waals surface area contributed by atoms with Crippen LogP contribution in [0, 0.1) is 0 Å². The van der Waals surface area contributed by atoms with Crippen LogP contribution in [0.1, 0.15) is 12.5 Å². The lowest BCUT2D eigenvalue weighted by atomic mass is 10.1. The van der Waals surface area contributed by atoms with Gasteiger partial charge in [0.1, 0.15) is 12.1 Å². The van der Waals surface area contributed by atoms with Gasteiger partial charge in [-0.1, -0.05) is 19.1 Å². The van der Waals surface area contributed by atoms with E-state index in [4.69, 9.17) is 5.73 Å². The molecule has 0 saturated heterocycles. The maximum Gasteiger partial charge on any atom is 0.141 e. The van der Waals surface area contributed by atoms with Crippen molar-refractivity contribution in [3.05, 3.63) is 54.4 Å². The van der Waals surface area contributed by atoms with Gasteiger partial charge >= 0.3 is 0 Å². The predicted octanol–water partition coefficient (Wildman–Crippen LogP) is 3.52. The highest BCUT2D eigenvalue weighted by Crippen LogP contribution is 2.24. The second kappa shape index (κ2) is 5.17. The molecule has 0 amide bonds. The van der Waals surface area contributed by atoms with Gasteiger partial charge in [-0.2, -0.15) is 0 Å².